The summed E-state index contributed by atoms with van der Waals surface area (Å²) in [6.45, 7) is 0.0176. The van der Waals surface area contributed by atoms with E-state index < -0.39 is 28.9 Å². The number of aromatic nitrogens is 1. The Morgan fingerprint density at radius 3 is 2.43 bits per heavy atom. The SMILES string of the molecule is O=C(Nc1cnccc1CN1C(=O)N(c2ccc(SC(F)(F)F)cc2)C(=O)C12CC2)c1ccccc1Cl. The van der Waals surface area contributed by atoms with Crippen LogP contribution in [0.2, 0.25) is 5.02 Å². The molecule has 1 aliphatic carbocycles. The number of imide groups is 1. The molecule has 0 radical (unpaired) electrons. The van der Waals surface area contributed by atoms with Crippen molar-refractivity contribution in [2.75, 3.05) is 10.2 Å². The summed E-state index contributed by atoms with van der Waals surface area (Å²) in [6, 6.07) is 12.7. The number of nitrogens with one attached hydrogen (secondary N) is 1. The van der Waals surface area contributed by atoms with Crippen LogP contribution in [0.25, 0.3) is 0 Å². The summed E-state index contributed by atoms with van der Waals surface area (Å²) in [6.07, 6.45) is 3.88. The molecule has 190 valence electrons. The second-order valence-electron chi connectivity index (χ2n) is 8.55. The number of anilines is 2. The number of thioether (sulfide) groups is 1. The number of hydrogen-bond donors (Lipinski definition) is 1. The molecule has 0 atom stereocenters. The third kappa shape index (κ3) is 4.88. The number of carbonyl (C=O) groups is 3. The van der Waals surface area contributed by atoms with E-state index in [9.17, 15) is 27.6 Å². The van der Waals surface area contributed by atoms with Crippen molar-refractivity contribution in [2.24, 2.45) is 0 Å². The molecule has 7 nitrogen and oxygen atoms in total. The molecule has 1 aromatic heterocycles. The Balaban J connectivity index is 1.38. The first-order chi connectivity index (χ1) is 17.6. The fourth-order valence-corrected chi connectivity index (χ4v) is 5.00. The molecule has 2 fully saturated rings. The first-order valence-corrected chi connectivity index (χ1v) is 12.3. The number of nitrogens with zero attached hydrogens (tertiary/aromatic N) is 3. The van der Waals surface area contributed by atoms with Gasteiger partial charge in [-0.1, -0.05) is 23.7 Å². The molecule has 0 bridgehead atoms. The third-order valence-corrected chi connectivity index (χ3v) is 7.27. The van der Waals surface area contributed by atoms with Crippen molar-refractivity contribution in [1.82, 2.24) is 9.88 Å². The minimum absolute atomic E-state index is 0.0176. The zero-order valence-corrected chi connectivity index (χ0v) is 20.5. The maximum Gasteiger partial charge on any atom is 0.446 e. The fraction of sp³-hybridized carbons (Fsp3) is 0.200. The maximum atomic E-state index is 13.4. The highest BCUT2D eigenvalue weighted by Crippen LogP contribution is 2.50. The van der Waals surface area contributed by atoms with E-state index in [1.807, 2.05) is 0 Å². The molecule has 1 saturated heterocycles. The number of carbonyl (C=O) groups excluding carboxylic acids is 3. The molecular weight excluding hydrogens is 529 g/mol. The van der Waals surface area contributed by atoms with E-state index in [4.69, 9.17) is 11.6 Å². The lowest BCUT2D eigenvalue weighted by molar-refractivity contribution is -0.120. The number of halogens is 4. The van der Waals surface area contributed by atoms with E-state index in [0.29, 0.717) is 24.1 Å². The van der Waals surface area contributed by atoms with Gasteiger partial charge in [0.25, 0.3) is 11.8 Å². The van der Waals surface area contributed by atoms with Crippen molar-refractivity contribution in [3.8, 4) is 0 Å². The van der Waals surface area contributed by atoms with Crippen molar-refractivity contribution in [2.45, 2.75) is 35.3 Å². The highest BCUT2D eigenvalue weighted by Gasteiger charge is 2.65. The molecule has 0 unspecified atom stereocenters. The topological polar surface area (TPSA) is 82.6 Å². The normalized spacial score (nSPS) is 16.4. The van der Waals surface area contributed by atoms with Gasteiger partial charge in [0.2, 0.25) is 0 Å². The van der Waals surface area contributed by atoms with Crippen LogP contribution in [-0.2, 0) is 11.3 Å². The average Bonchev–Trinajstić information content (AvgIpc) is 3.62. The first kappa shape index (κ1) is 25.1. The molecule has 1 spiro atoms. The van der Waals surface area contributed by atoms with E-state index in [1.165, 1.54) is 41.6 Å². The van der Waals surface area contributed by atoms with Crippen LogP contribution in [-0.4, -0.2) is 38.8 Å². The van der Waals surface area contributed by atoms with Gasteiger partial charge in [0.15, 0.2) is 0 Å². The van der Waals surface area contributed by atoms with Gasteiger partial charge in [-0.25, -0.2) is 9.69 Å². The largest absolute Gasteiger partial charge is 0.446 e. The molecular formula is C25H18ClF3N4O3S. The molecule has 12 heteroatoms. The summed E-state index contributed by atoms with van der Waals surface area (Å²) < 4.78 is 38.0. The predicted octanol–water partition coefficient (Wildman–Crippen LogP) is 6.10. The smallest absolute Gasteiger partial charge is 0.320 e. The lowest BCUT2D eigenvalue weighted by atomic mass is 10.1. The summed E-state index contributed by atoms with van der Waals surface area (Å²) in [4.78, 5) is 45.9. The number of urea groups is 1. The van der Waals surface area contributed by atoms with Gasteiger partial charge in [0.05, 0.1) is 34.7 Å². The first-order valence-electron chi connectivity index (χ1n) is 11.1. The van der Waals surface area contributed by atoms with Crippen LogP contribution in [0.1, 0.15) is 28.8 Å². The van der Waals surface area contributed by atoms with Gasteiger partial charge < -0.3 is 10.2 Å². The lowest BCUT2D eigenvalue weighted by Crippen LogP contribution is -2.36. The predicted molar refractivity (Wildman–Crippen MR) is 132 cm³/mol. The maximum absolute atomic E-state index is 13.4. The molecule has 3 aromatic rings. The summed E-state index contributed by atoms with van der Waals surface area (Å²) in [7, 11) is 0. The van der Waals surface area contributed by atoms with Crippen LogP contribution in [0, 0.1) is 0 Å². The molecule has 1 saturated carbocycles. The van der Waals surface area contributed by atoms with E-state index in [1.54, 1.807) is 30.3 Å². The van der Waals surface area contributed by atoms with E-state index in [0.717, 1.165) is 4.90 Å². The quantitative estimate of drug-likeness (QED) is 0.298. The summed E-state index contributed by atoms with van der Waals surface area (Å²) in [5, 5.41) is 3.04. The Morgan fingerprint density at radius 1 is 1.08 bits per heavy atom. The summed E-state index contributed by atoms with van der Waals surface area (Å²) >= 11 is 5.86. The van der Waals surface area contributed by atoms with Gasteiger partial charge in [-0.05, 0) is 72.6 Å². The Hall–Kier alpha value is -3.57. The second-order valence-corrected chi connectivity index (χ2v) is 10.1. The number of pyridine rings is 1. The van der Waals surface area contributed by atoms with Crippen molar-refractivity contribution in [1.29, 1.82) is 0 Å². The molecule has 2 heterocycles. The van der Waals surface area contributed by atoms with Crippen LogP contribution in [0.4, 0.5) is 29.3 Å². The number of hydrogen-bond acceptors (Lipinski definition) is 5. The highest BCUT2D eigenvalue weighted by atomic mass is 35.5. The standard InChI is InChI=1S/C25H18ClF3N4O3S/c26-19-4-2-1-3-18(19)21(34)31-20-13-30-12-9-15(20)14-32-23(36)33(22(35)24(32)10-11-24)16-5-7-17(8-6-16)37-25(27,28)29/h1-9,12-13H,10-11,14H2,(H,31,34). The van der Waals surface area contributed by atoms with Gasteiger partial charge in [-0.3, -0.25) is 14.6 Å². The van der Waals surface area contributed by atoms with Gasteiger partial charge in [-0.15, -0.1) is 0 Å². The van der Waals surface area contributed by atoms with Gasteiger partial charge >= 0.3 is 11.5 Å². The third-order valence-electron chi connectivity index (χ3n) is 6.20. The van der Waals surface area contributed by atoms with E-state index in [-0.39, 0.29) is 39.5 Å². The summed E-state index contributed by atoms with van der Waals surface area (Å²) in [5.74, 6) is -0.882. The molecule has 1 aliphatic heterocycles. The zero-order valence-electron chi connectivity index (χ0n) is 19.0. The molecule has 37 heavy (non-hydrogen) atoms. The lowest BCUT2D eigenvalue weighted by Gasteiger charge is -2.23. The van der Waals surface area contributed by atoms with Gasteiger partial charge in [-0.2, -0.15) is 13.2 Å². The van der Waals surface area contributed by atoms with Crippen LogP contribution >= 0.6 is 23.4 Å². The van der Waals surface area contributed by atoms with Crippen LogP contribution in [0.3, 0.4) is 0 Å². The van der Waals surface area contributed by atoms with Crippen molar-refractivity contribution < 1.29 is 27.6 Å². The van der Waals surface area contributed by atoms with Crippen molar-refractivity contribution in [3.05, 3.63) is 83.1 Å². The fourth-order valence-electron chi connectivity index (χ4n) is 4.24. The van der Waals surface area contributed by atoms with E-state index >= 15 is 0 Å². The number of alkyl halides is 3. The molecule has 5 rings (SSSR count). The van der Waals surface area contributed by atoms with Crippen LogP contribution < -0.4 is 10.2 Å². The monoisotopic (exact) mass is 546 g/mol. The second kappa shape index (κ2) is 9.38. The molecule has 4 amide bonds. The minimum Gasteiger partial charge on any atom is -0.320 e. The van der Waals surface area contributed by atoms with Crippen molar-refractivity contribution in [3.63, 3.8) is 0 Å². The minimum atomic E-state index is -4.45. The molecule has 1 N–H and O–H groups in total. The van der Waals surface area contributed by atoms with Crippen LogP contribution in [0.5, 0.6) is 0 Å². The zero-order chi connectivity index (χ0) is 26.4. The van der Waals surface area contributed by atoms with Gasteiger partial charge in [0.1, 0.15) is 5.54 Å². The molecule has 2 aliphatic rings. The number of amides is 4. The Kier molecular flexibility index (Phi) is 6.36. The van der Waals surface area contributed by atoms with Crippen LogP contribution in [0.15, 0.2) is 71.9 Å². The Bertz CT molecular complexity index is 1400. The Labute approximate surface area is 218 Å². The number of rotatable bonds is 6. The average molecular weight is 547 g/mol. The molecule has 2 aromatic carbocycles. The Morgan fingerprint density at radius 2 is 1.78 bits per heavy atom. The van der Waals surface area contributed by atoms with Gasteiger partial charge in [0, 0.05) is 11.1 Å². The van der Waals surface area contributed by atoms with E-state index in [2.05, 4.69) is 10.3 Å². The highest BCUT2D eigenvalue weighted by molar-refractivity contribution is 8.00. The summed E-state index contributed by atoms with van der Waals surface area (Å²) in [5.41, 5.74) is -4.10. The van der Waals surface area contributed by atoms with Crippen molar-refractivity contribution >= 4 is 52.6 Å². The number of benzene rings is 2.